The highest BCUT2D eigenvalue weighted by Crippen LogP contribution is 2.38. The maximum atomic E-state index is 4.74. The van der Waals surface area contributed by atoms with Gasteiger partial charge >= 0.3 is 0 Å². The molecule has 24 heavy (non-hydrogen) atoms. The smallest absolute Gasteiger partial charge is 0.228 e. The van der Waals surface area contributed by atoms with E-state index in [1.807, 2.05) is 0 Å². The molecular weight excluding hydrogens is 298 g/mol. The van der Waals surface area contributed by atoms with E-state index in [1.54, 1.807) is 6.33 Å². The summed E-state index contributed by atoms with van der Waals surface area (Å²) < 4.78 is 0. The van der Waals surface area contributed by atoms with Crippen LogP contribution in [0.3, 0.4) is 0 Å². The lowest BCUT2D eigenvalue weighted by atomic mass is 9.72. The Morgan fingerprint density at radius 2 is 1.96 bits per heavy atom. The lowest BCUT2D eigenvalue weighted by Crippen LogP contribution is -2.44. The minimum absolute atomic E-state index is 0.234. The number of hydrogen-bond donors (Lipinski definition) is 1. The van der Waals surface area contributed by atoms with Crippen molar-refractivity contribution in [2.45, 2.75) is 38.5 Å². The molecule has 1 N–H and O–H groups in total. The van der Waals surface area contributed by atoms with E-state index in [9.17, 15) is 0 Å². The van der Waals surface area contributed by atoms with Crippen molar-refractivity contribution in [2.24, 2.45) is 0 Å². The average molecular weight is 323 g/mol. The molecule has 1 saturated heterocycles. The summed E-state index contributed by atoms with van der Waals surface area (Å²) in [5, 5.41) is 3.36. The van der Waals surface area contributed by atoms with Crippen LogP contribution in [0.15, 0.2) is 24.5 Å². The fraction of sp³-hybridized carbons (Fsp3) is 0.526. The molecule has 0 saturated carbocycles. The molecule has 2 aromatic rings. The van der Waals surface area contributed by atoms with E-state index >= 15 is 0 Å². The van der Waals surface area contributed by atoms with Crippen molar-refractivity contribution in [1.29, 1.82) is 0 Å². The van der Waals surface area contributed by atoms with Gasteiger partial charge in [0.2, 0.25) is 5.95 Å². The monoisotopic (exact) mass is 323 g/mol. The molecule has 0 atom stereocenters. The van der Waals surface area contributed by atoms with Gasteiger partial charge in [0.15, 0.2) is 5.82 Å². The predicted octanol–water partition coefficient (Wildman–Crippen LogP) is 2.56. The Morgan fingerprint density at radius 3 is 2.79 bits per heavy atom. The van der Waals surface area contributed by atoms with Crippen LogP contribution in [0, 0.1) is 0 Å². The summed E-state index contributed by atoms with van der Waals surface area (Å²) >= 11 is 0. The molecule has 2 heterocycles. The SMILES string of the molecule is CC1(C)CCCc2ccc(-c3ncnc(N4CCNCC4)n3)cc21. The highest BCUT2D eigenvalue weighted by Gasteiger charge is 2.27. The molecule has 1 fully saturated rings. The Balaban J connectivity index is 1.69. The summed E-state index contributed by atoms with van der Waals surface area (Å²) in [6.07, 6.45) is 5.34. The van der Waals surface area contributed by atoms with Crippen LogP contribution in [-0.2, 0) is 11.8 Å². The number of anilines is 1. The number of rotatable bonds is 2. The van der Waals surface area contributed by atoms with Crippen molar-refractivity contribution in [2.75, 3.05) is 31.1 Å². The third kappa shape index (κ3) is 2.88. The first kappa shape index (κ1) is 15.5. The van der Waals surface area contributed by atoms with E-state index in [2.05, 4.69) is 52.2 Å². The van der Waals surface area contributed by atoms with Gasteiger partial charge in [-0.3, -0.25) is 0 Å². The largest absolute Gasteiger partial charge is 0.338 e. The summed E-state index contributed by atoms with van der Waals surface area (Å²) in [6, 6.07) is 6.72. The summed E-state index contributed by atoms with van der Waals surface area (Å²) in [5.41, 5.74) is 4.27. The lowest BCUT2D eigenvalue weighted by Gasteiger charge is -2.33. The minimum atomic E-state index is 0.234. The molecule has 1 aliphatic heterocycles. The Bertz CT molecular complexity index is 734. The molecule has 0 spiro atoms. The van der Waals surface area contributed by atoms with Crippen molar-refractivity contribution in [1.82, 2.24) is 20.3 Å². The van der Waals surface area contributed by atoms with Gasteiger partial charge in [-0.05, 0) is 41.9 Å². The van der Waals surface area contributed by atoms with Crippen LogP contribution in [0.2, 0.25) is 0 Å². The molecular formula is C19H25N5. The maximum absolute atomic E-state index is 4.74. The van der Waals surface area contributed by atoms with Crippen molar-refractivity contribution < 1.29 is 0 Å². The van der Waals surface area contributed by atoms with Gasteiger partial charge in [0.25, 0.3) is 0 Å². The van der Waals surface area contributed by atoms with Gasteiger partial charge < -0.3 is 10.2 Å². The Labute approximate surface area is 143 Å². The van der Waals surface area contributed by atoms with E-state index in [1.165, 1.54) is 30.4 Å². The third-order valence-electron chi connectivity index (χ3n) is 5.30. The molecule has 5 heteroatoms. The molecule has 2 aliphatic rings. The zero-order valence-electron chi connectivity index (χ0n) is 14.5. The van der Waals surface area contributed by atoms with Crippen LogP contribution < -0.4 is 10.2 Å². The van der Waals surface area contributed by atoms with E-state index in [4.69, 9.17) is 4.98 Å². The highest BCUT2D eigenvalue weighted by molar-refractivity contribution is 5.60. The van der Waals surface area contributed by atoms with E-state index in [-0.39, 0.29) is 5.41 Å². The number of fused-ring (bicyclic) bond motifs is 1. The molecule has 0 bridgehead atoms. The predicted molar refractivity (Wildman–Crippen MR) is 96.3 cm³/mol. The molecule has 5 nitrogen and oxygen atoms in total. The molecule has 1 aliphatic carbocycles. The van der Waals surface area contributed by atoms with Crippen LogP contribution in [0.25, 0.3) is 11.4 Å². The van der Waals surface area contributed by atoms with E-state index in [0.717, 1.165) is 43.5 Å². The van der Waals surface area contributed by atoms with Crippen molar-refractivity contribution in [3.05, 3.63) is 35.7 Å². The van der Waals surface area contributed by atoms with Crippen molar-refractivity contribution in [3.63, 3.8) is 0 Å². The van der Waals surface area contributed by atoms with Gasteiger partial charge in [0.05, 0.1) is 0 Å². The van der Waals surface area contributed by atoms with Crippen molar-refractivity contribution in [3.8, 4) is 11.4 Å². The number of benzene rings is 1. The molecule has 0 unspecified atom stereocenters. The van der Waals surface area contributed by atoms with Crippen LogP contribution in [0.5, 0.6) is 0 Å². The first-order valence-corrected chi connectivity index (χ1v) is 8.92. The van der Waals surface area contributed by atoms with Gasteiger partial charge in [-0.2, -0.15) is 4.98 Å². The van der Waals surface area contributed by atoms with E-state index < -0.39 is 0 Å². The highest BCUT2D eigenvalue weighted by atomic mass is 15.3. The number of nitrogens with one attached hydrogen (secondary N) is 1. The van der Waals surface area contributed by atoms with Gasteiger partial charge in [0, 0.05) is 31.7 Å². The number of aromatic nitrogens is 3. The Morgan fingerprint density at radius 1 is 1.12 bits per heavy atom. The maximum Gasteiger partial charge on any atom is 0.228 e. The number of hydrogen-bond acceptors (Lipinski definition) is 5. The summed E-state index contributed by atoms with van der Waals surface area (Å²) in [6.45, 7) is 8.53. The number of nitrogens with zero attached hydrogens (tertiary/aromatic N) is 4. The second-order valence-corrected chi connectivity index (χ2v) is 7.46. The van der Waals surface area contributed by atoms with Crippen LogP contribution in [-0.4, -0.2) is 41.1 Å². The average Bonchev–Trinajstić information content (AvgIpc) is 2.62. The van der Waals surface area contributed by atoms with Crippen LogP contribution in [0.4, 0.5) is 5.95 Å². The topological polar surface area (TPSA) is 53.9 Å². The molecule has 126 valence electrons. The van der Waals surface area contributed by atoms with E-state index in [0.29, 0.717) is 0 Å². The first-order chi connectivity index (χ1) is 11.6. The summed E-state index contributed by atoms with van der Waals surface area (Å²) in [5.74, 6) is 1.57. The first-order valence-electron chi connectivity index (χ1n) is 8.92. The molecule has 0 radical (unpaired) electrons. The zero-order valence-corrected chi connectivity index (χ0v) is 14.5. The van der Waals surface area contributed by atoms with Gasteiger partial charge in [-0.1, -0.05) is 26.0 Å². The molecule has 4 rings (SSSR count). The third-order valence-corrected chi connectivity index (χ3v) is 5.30. The lowest BCUT2D eigenvalue weighted by molar-refractivity contribution is 0.432. The summed E-state index contributed by atoms with van der Waals surface area (Å²) in [7, 11) is 0. The number of piperazine rings is 1. The second kappa shape index (κ2) is 6.13. The Kier molecular flexibility index (Phi) is 3.96. The molecule has 1 aromatic carbocycles. The standard InChI is InChI=1S/C19H25N5/c1-19(2)7-3-4-14-5-6-15(12-16(14)19)17-21-13-22-18(23-17)24-10-8-20-9-11-24/h5-6,12-13,20H,3-4,7-11H2,1-2H3. The minimum Gasteiger partial charge on any atom is -0.338 e. The number of aryl methyl sites for hydroxylation is 1. The Hall–Kier alpha value is -2.01. The van der Waals surface area contributed by atoms with Gasteiger partial charge in [-0.15, -0.1) is 0 Å². The summed E-state index contributed by atoms with van der Waals surface area (Å²) in [4.78, 5) is 15.8. The van der Waals surface area contributed by atoms with Crippen LogP contribution >= 0.6 is 0 Å². The molecule has 1 aromatic heterocycles. The van der Waals surface area contributed by atoms with Crippen LogP contribution in [0.1, 0.15) is 37.8 Å². The van der Waals surface area contributed by atoms with Crippen molar-refractivity contribution >= 4 is 5.95 Å². The molecule has 0 amide bonds. The fourth-order valence-corrected chi connectivity index (χ4v) is 3.86. The fourth-order valence-electron chi connectivity index (χ4n) is 3.86. The zero-order chi connectivity index (χ0) is 16.6. The quantitative estimate of drug-likeness (QED) is 0.920. The second-order valence-electron chi connectivity index (χ2n) is 7.46. The van der Waals surface area contributed by atoms with Gasteiger partial charge in [0.1, 0.15) is 6.33 Å². The normalized spacial score (nSPS) is 19.8. The van der Waals surface area contributed by atoms with Gasteiger partial charge in [-0.25, -0.2) is 9.97 Å².